The maximum absolute atomic E-state index is 12.6. The quantitative estimate of drug-likeness (QED) is 0.585. The SMILES string of the molecule is CSCC(O)[C@H]1O[C@@]([SiH3])(n2cc(C)c(=O)[nH]c2=O)C(C)(C)[C@@]1(O)C(C)(C)C. The average Bonchev–Trinajstić information content (AvgIpc) is 2.70. The second-order valence-corrected chi connectivity index (χ2v) is 11.4. The molecule has 0 saturated carbocycles. The van der Waals surface area contributed by atoms with Crippen LogP contribution in [0, 0.1) is 17.8 Å². The van der Waals surface area contributed by atoms with E-state index in [1.54, 1.807) is 6.92 Å². The molecule has 0 amide bonds. The van der Waals surface area contributed by atoms with Gasteiger partial charge in [-0.25, -0.2) is 4.79 Å². The molecule has 1 aromatic rings. The largest absolute Gasteiger partial charge is 0.389 e. The molecule has 27 heavy (non-hydrogen) atoms. The second kappa shape index (κ2) is 6.87. The molecule has 1 fully saturated rings. The number of aryl methyl sites for hydroxylation is 1. The standard InChI is InChI=1S/C18H32N2O5SSi/c1-10-8-20(14(23)19-13(10)22)18(27)16(5,6)17(24,15(2,3)4)12(25-18)11(21)9-26-7/h8,11-12,21,24H,9H2,1-7,27H3,(H,19,22,23)/t11?,12-,17+,18+/m1/s1. The van der Waals surface area contributed by atoms with Gasteiger partial charge in [-0.15, -0.1) is 0 Å². The van der Waals surface area contributed by atoms with Crippen LogP contribution in [0.2, 0.25) is 0 Å². The van der Waals surface area contributed by atoms with E-state index in [2.05, 4.69) is 4.98 Å². The summed E-state index contributed by atoms with van der Waals surface area (Å²) in [6.07, 6.45) is 1.58. The smallest absolute Gasteiger partial charge is 0.330 e. The first-order valence-corrected chi connectivity index (χ1v) is 11.4. The molecular formula is C18H32N2O5SSi. The fraction of sp³-hybridized carbons (Fsp3) is 0.778. The van der Waals surface area contributed by atoms with Crippen molar-refractivity contribution in [3.8, 4) is 0 Å². The highest BCUT2D eigenvalue weighted by Crippen LogP contribution is 2.60. The lowest BCUT2D eigenvalue weighted by Gasteiger charge is -2.51. The molecule has 0 bridgehead atoms. The highest BCUT2D eigenvalue weighted by molar-refractivity contribution is 7.98. The number of ether oxygens (including phenoxy) is 1. The van der Waals surface area contributed by atoms with Crippen LogP contribution in [0.15, 0.2) is 15.8 Å². The Bertz CT molecular complexity index is 830. The summed E-state index contributed by atoms with van der Waals surface area (Å²) in [6, 6.07) is 0. The van der Waals surface area contributed by atoms with Crippen molar-refractivity contribution in [1.29, 1.82) is 0 Å². The molecule has 0 spiro atoms. The molecule has 1 aliphatic rings. The van der Waals surface area contributed by atoms with Crippen LogP contribution in [-0.2, 0) is 10.1 Å². The fourth-order valence-corrected chi connectivity index (χ4v) is 5.89. The molecule has 1 saturated heterocycles. The lowest BCUT2D eigenvalue weighted by atomic mass is 9.59. The predicted octanol–water partition coefficient (Wildman–Crippen LogP) is -0.253. The number of aliphatic hydroxyl groups excluding tert-OH is 1. The number of aromatic amines is 1. The minimum atomic E-state index is -1.42. The van der Waals surface area contributed by atoms with Crippen LogP contribution in [0.4, 0.5) is 0 Å². The fourth-order valence-electron chi connectivity index (χ4n) is 4.41. The number of aromatic nitrogens is 2. The maximum atomic E-state index is 12.6. The third-order valence-corrected chi connectivity index (χ3v) is 8.93. The van der Waals surface area contributed by atoms with Crippen LogP contribution in [-0.4, -0.2) is 59.8 Å². The Morgan fingerprint density at radius 2 is 1.96 bits per heavy atom. The number of nitrogens with one attached hydrogen (secondary N) is 1. The van der Waals surface area contributed by atoms with E-state index in [0.29, 0.717) is 21.6 Å². The van der Waals surface area contributed by atoms with Crippen molar-refractivity contribution in [2.45, 2.75) is 64.7 Å². The monoisotopic (exact) mass is 416 g/mol. The first kappa shape index (κ1) is 22.4. The van der Waals surface area contributed by atoms with Crippen molar-refractivity contribution in [2.24, 2.45) is 10.8 Å². The van der Waals surface area contributed by atoms with Crippen LogP contribution in [0.5, 0.6) is 0 Å². The average molecular weight is 417 g/mol. The number of nitrogens with zero attached hydrogens (tertiary/aromatic N) is 1. The van der Waals surface area contributed by atoms with Crippen molar-refractivity contribution < 1.29 is 14.9 Å². The zero-order valence-electron chi connectivity index (χ0n) is 17.4. The number of thioether (sulfide) groups is 1. The molecule has 1 aromatic heterocycles. The summed E-state index contributed by atoms with van der Waals surface area (Å²) in [5.74, 6) is 0.399. The van der Waals surface area contributed by atoms with Gasteiger partial charge in [0.05, 0.1) is 16.3 Å². The minimum absolute atomic E-state index is 0.356. The lowest BCUT2D eigenvalue weighted by molar-refractivity contribution is -0.171. The second-order valence-electron chi connectivity index (χ2n) is 9.13. The molecule has 1 unspecified atom stereocenters. The normalized spacial score (nSPS) is 32.0. The van der Waals surface area contributed by atoms with E-state index in [0.717, 1.165) is 0 Å². The Morgan fingerprint density at radius 1 is 1.41 bits per heavy atom. The molecular weight excluding hydrogens is 384 g/mol. The molecule has 2 rings (SSSR count). The van der Waals surface area contributed by atoms with Gasteiger partial charge in [-0.05, 0) is 18.6 Å². The van der Waals surface area contributed by atoms with Gasteiger partial charge in [0.1, 0.15) is 17.1 Å². The van der Waals surface area contributed by atoms with Crippen molar-refractivity contribution in [3.63, 3.8) is 0 Å². The lowest BCUT2D eigenvalue weighted by Crippen LogP contribution is -2.64. The minimum Gasteiger partial charge on any atom is -0.389 e. The van der Waals surface area contributed by atoms with Crippen molar-refractivity contribution in [2.75, 3.05) is 12.0 Å². The summed E-state index contributed by atoms with van der Waals surface area (Å²) >= 11 is 1.47. The van der Waals surface area contributed by atoms with Gasteiger partial charge >= 0.3 is 5.69 Å². The van der Waals surface area contributed by atoms with Crippen molar-refractivity contribution in [1.82, 2.24) is 9.55 Å². The van der Waals surface area contributed by atoms with Gasteiger partial charge in [-0.3, -0.25) is 14.3 Å². The van der Waals surface area contributed by atoms with Crippen LogP contribution in [0.1, 0.15) is 40.2 Å². The topological polar surface area (TPSA) is 105 Å². The Kier molecular flexibility index (Phi) is 5.71. The van der Waals surface area contributed by atoms with Gasteiger partial charge in [0, 0.05) is 22.9 Å². The summed E-state index contributed by atoms with van der Waals surface area (Å²) in [5.41, 5.74) is -3.60. The summed E-state index contributed by atoms with van der Waals surface area (Å²) in [5, 5.41) is 21.6. The number of hydrogen-bond acceptors (Lipinski definition) is 6. The van der Waals surface area contributed by atoms with E-state index in [-0.39, 0.29) is 0 Å². The van der Waals surface area contributed by atoms with Crippen LogP contribution < -0.4 is 11.2 Å². The first-order valence-electron chi connectivity index (χ1n) is 9.05. The van der Waals surface area contributed by atoms with Crippen LogP contribution >= 0.6 is 11.8 Å². The Balaban J connectivity index is 2.78. The zero-order valence-corrected chi connectivity index (χ0v) is 20.2. The molecule has 154 valence electrons. The Morgan fingerprint density at radius 3 is 2.44 bits per heavy atom. The first-order chi connectivity index (χ1) is 12.1. The summed E-state index contributed by atoms with van der Waals surface area (Å²) in [4.78, 5) is 26.8. The van der Waals surface area contributed by atoms with Crippen molar-refractivity contribution in [3.05, 3.63) is 32.6 Å². The molecule has 0 radical (unpaired) electrons. The number of H-pyrrole nitrogens is 1. The van der Waals surface area contributed by atoms with Gasteiger partial charge in [-0.2, -0.15) is 11.8 Å². The third kappa shape index (κ3) is 3.07. The number of hydrogen-bond donors (Lipinski definition) is 3. The van der Waals surface area contributed by atoms with E-state index in [1.165, 1.54) is 22.5 Å². The van der Waals surface area contributed by atoms with Gasteiger partial charge in [-0.1, -0.05) is 34.6 Å². The maximum Gasteiger partial charge on any atom is 0.330 e. The molecule has 0 aliphatic carbocycles. The molecule has 3 N–H and O–H groups in total. The summed E-state index contributed by atoms with van der Waals surface area (Å²) in [7, 11) is 0.356. The van der Waals surface area contributed by atoms with Gasteiger partial charge in [0.15, 0.2) is 0 Å². The van der Waals surface area contributed by atoms with Crippen molar-refractivity contribution >= 4 is 22.0 Å². The Labute approximate surface area is 167 Å². The predicted molar refractivity (Wildman–Crippen MR) is 111 cm³/mol. The van der Waals surface area contributed by atoms with Gasteiger partial charge in [0.2, 0.25) is 0 Å². The molecule has 7 nitrogen and oxygen atoms in total. The van der Waals surface area contributed by atoms with Gasteiger partial charge in [0.25, 0.3) is 5.56 Å². The molecule has 9 heteroatoms. The summed E-state index contributed by atoms with van der Waals surface area (Å²) < 4.78 is 7.76. The highest BCUT2D eigenvalue weighted by atomic mass is 32.2. The van der Waals surface area contributed by atoms with E-state index in [9.17, 15) is 19.8 Å². The Hall–Kier alpha value is -0.873. The summed E-state index contributed by atoms with van der Waals surface area (Å²) in [6.45, 7) is 11.1. The van der Waals surface area contributed by atoms with Gasteiger partial charge < -0.3 is 14.9 Å². The molecule has 2 heterocycles. The van der Waals surface area contributed by atoms with E-state index >= 15 is 0 Å². The molecule has 4 atom stereocenters. The van der Waals surface area contributed by atoms with E-state index in [1.807, 2.05) is 40.9 Å². The number of rotatable bonds is 4. The zero-order chi connectivity index (χ0) is 21.0. The highest BCUT2D eigenvalue weighted by Gasteiger charge is 2.72. The molecule has 1 aliphatic heterocycles. The van der Waals surface area contributed by atoms with Crippen LogP contribution in [0.3, 0.4) is 0 Å². The third-order valence-electron chi connectivity index (χ3n) is 6.29. The number of aliphatic hydroxyl groups is 2. The van der Waals surface area contributed by atoms with E-state index in [4.69, 9.17) is 4.74 Å². The van der Waals surface area contributed by atoms with E-state index < -0.39 is 45.2 Å². The van der Waals surface area contributed by atoms with Crippen LogP contribution in [0.25, 0.3) is 0 Å². The molecule has 0 aromatic carbocycles.